The number of hydrogen-bond donors (Lipinski definition) is 0. The molecule has 0 radical (unpaired) electrons. The molecule has 0 unspecified atom stereocenters. The number of esters is 1. The molecule has 0 aliphatic carbocycles. The summed E-state index contributed by atoms with van der Waals surface area (Å²) >= 11 is 0. The van der Waals surface area contributed by atoms with Gasteiger partial charge in [0.2, 0.25) is 0 Å². The highest BCUT2D eigenvalue weighted by Crippen LogP contribution is 2.12. The Hall–Kier alpha value is -1.91. The predicted molar refractivity (Wildman–Crippen MR) is 69.3 cm³/mol. The maximum absolute atomic E-state index is 13.4. The third-order valence-electron chi connectivity index (χ3n) is 2.90. The molecule has 1 rings (SSSR count). The summed E-state index contributed by atoms with van der Waals surface area (Å²) in [5, 5.41) is 0. The van der Waals surface area contributed by atoms with E-state index in [4.69, 9.17) is 0 Å². The number of amides is 1. The molecule has 0 N–H and O–H groups in total. The van der Waals surface area contributed by atoms with E-state index in [1.807, 2.05) is 0 Å². The number of ether oxygens (including phenoxy) is 1. The van der Waals surface area contributed by atoms with Gasteiger partial charge in [-0.05, 0) is 31.5 Å². The smallest absolute Gasteiger partial charge is 0.307 e. The largest absolute Gasteiger partial charge is 0.469 e. The Morgan fingerprint density at radius 2 is 2.05 bits per heavy atom. The highest BCUT2D eigenvalue weighted by Gasteiger charge is 2.16. The maximum Gasteiger partial charge on any atom is 0.307 e. The molecule has 5 heteroatoms. The van der Waals surface area contributed by atoms with E-state index in [0.717, 1.165) is 0 Å². The van der Waals surface area contributed by atoms with Crippen molar-refractivity contribution in [3.63, 3.8) is 0 Å². The van der Waals surface area contributed by atoms with Crippen molar-refractivity contribution in [1.29, 1.82) is 0 Å². The molecule has 0 heterocycles. The minimum absolute atomic E-state index is 0.129. The number of nitrogens with zero attached hydrogens (tertiary/aromatic N) is 1. The van der Waals surface area contributed by atoms with Gasteiger partial charge in [-0.25, -0.2) is 4.39 Å². The van der Waals surface area contributed by atoms with Crippen LogP contribution in [0.5, 0.6) is 0 Å². The minimum atomic E-state index is -0.408. The fourth-order valence-electron chi connectivity index (χ4n) is 1.64. The summed E-state index contributed by atoms with van der Waals surface area (Å²) in [6.45, 7) is 4.15. The van der Waals surface area contributed by atoms with Crippen LogP contribution >= 0.6 is 0 Å². The Bertz CT molecular complexity index is 474. The van der Waals surface area contributed by atoms with E-state index in [2.05, 4.69) is 4.74 Å². The van der Waals surface area contributed by atoms with Gasteiger partial charge in [0.15, 0.2) is 0 Å². The zero-order chi connectivity index (χ0) is 14.4. The first kappa shape index (κ1) is 15.1. The molecule has 0 aliphatic rings. The number of rotatable bonds is 5. The average molecular weight is 267 g/mol. The first-order valence-corrected chi connectivity index (χ1v) is 6.11. The number of carbonyl (C=O) groups excluding carboxylic acids is 2. The van der Waals surface area contributed by atoms with Crippen LogP contribution in [0.25, 0.3) is 0 Å². The van der Waals surface area contributed by atoms with Gasteiger partial charge in [0.05, 0.1) is 13.5 Å². The highest BCUT2D eigenvalue weighted by molar-refractivity contribution is 5.94. The van der Waals surface area contributed by atoms with Crippen molar-refractivity contribution in [2.75, 3.05) is 20.2 Å². The summed E-state index contributed by atoms with van der Waals surface area (Å²) in [6, 6.07) is 4.37. The van der Waals surface area contributed by atoms with Crippen molar-refractivity contribution >= 4 is 11.9 Å². The van der Waals surface area contributed by atoms with E-state index < -0.39 is 5.82 Å². The van der Waals surface area contributed by atoms with Crippen LogP contribution in [0.15, 0.2) is 18.2 Å². The van der Waals surface area contributed by atoms with E-state index in [1.54, 1.807) is 26.0 Å². The lowest BCUT2D eigenvalue weighted by Crippen LogP contribution is -2.33. The van der Waals surface area contributed by atoms with Crippen LogP contribution in [0, 0.1) is 12.7 Å². The number of methoxy groups -OCH3 is 1. The summed E-state index contributed by atoms with van der Waals surface area (Å²) in [5.74, 6) is -1.07. The van der Waals surface area contributed by atoms with Gasteiger partial charge in [0.1, 0.15) is 5.82 Å². The zero-order valence-electron chi connectivity index (χ0n) is 11.4. The molecule has 1 amide bonds. The fraction of sp³-hybridized carbons (Fsp3) is 0.429. The van der Waals surface area contributed by atoms with Crippen molar-refractivity contribution in [3.8, 4) is 0 Å². The molecule has 1 aromatic rings. The molecule has 0 fully saturated rings. The van der Waals surface area contributed by atoms with Crippen LogP contribution < -0.4 is 0 Å². The average Bonchev–Trinajstić information content (AvgIpc) is 2.41. The summed E-state index contributed by atoms with van der Waals surface area (Å²) in [4.78, 5) is 24.7. The molecule has 0 saturated carbocycles. The van der Waals surface area contributed by atoms with Crippen molar-refractivity contribution < 1.29 is 18.7 Å². The molecule has 4 nitrogen and oxygen atoms in total. The molecule has 0 saturated heterocycles. The van der Waals surface area contributed by atoms with Crippen LogP contribution in [-0.4, -0.2) is 37.0 Å². The molecule has 104 valence electrons. The van der Waals surface area contributed by atoms with Crippen molar-refractivity contribution in [1.82, 2.24) is 4.90 Å². The molecule has 0 aliphatic heterocycles. The van der Waals surface area contributed by atoms with E-state index in [-0.39, 0.29) is 30.4 Å². The van der Waals surface area contributed by atoms with Gasteiger partial charge in [0, 0.05) is 18.7 Å². The first-order chi connectivity index (χ1) is 8.99. The standard InChI is InChI=1S/C14H18FNO3/c1-4-16(8-7-13(17)19-3)14(18)11-6-5-10(2)12(15)9-11/h5-6,9H,4,7-8H2,1-3H3. The van der Waals surface area contributed by atoms with E-state index in [1.165, 1.54) is 18.1 Å². The van der Waals surface area contributed by atoms with Gasteiger partial charge in [-0.15, -0.1) is 0 Å². The van der Waals surface area contributed by atoms with Crippen LogP contribution in [0.2, 0.25) is 0 Å². The summed E-state index contributed by atoms with van der Waals surface area (Å²) in [7, 11) is 1.30. The lowest BCUT2D eigenvalue weighted by atomic mass is 10.1. The van der Waals surface area contributed by atoms with Crippen LogP contribution in [0.1, 0.15) is 29.3 Å². The second-order valence-corrected chi connectivity index (χ2v) is 4.17. The van der Waals surface area contributed by atoms with Gasteiger partial charge in [-0.1, -0.05) is 6.07 Å². The van der Waals surface area contributed by atoms with Crippen molar-refractivity contribution in [3.05, 3.63) is 35.1 Å². The Morgan fingerprint density at radius 1 is 1.37 bits per heavy atom. The molecule has 0 bridgehead atoms. The molecule has 1 aromatic carbocycles. The van der Waals surface area contributed by atoms with Gasteiger partial charge in [0.25, 0.3) is 5.91 Å². The van der Waals surface area contributed by atoms with Crippen LogP contribution in [0.3, 0.4) is 0 Å². The number of benzene rings is 1. The molecule has 0 atom stereocenters. The van der Waals surface area contributed by atoms with E-state index >= 15 is 0 Å². The van der Waals surface area contributed by atoms with Gasteiger partial charge >= 0.3 is 5.97 Å². The zero-order valence-corrected chi connectivity index (χ0v) is 11.4. The maximum atomic E-state index is 13.4. The second-order valence-electron chi connectivity index (χ2n) is 4.17. The lowest BCUT2D eigenvalue weighted by Gasteiger charge is -2.20. The quantitative estimate of drug-likeness (QED) is 0.768. The van der Waals surface area contributed by atoms with Gasteiger partial charge in [-0.3, -0.25) is 9.59 Å². The summed E-state index contributed by atoms with van der Waals surface area (Å²) < 4.78 is 18.0. The number of hydrogen-bond acceptors (Lipinski definition) is 3. The van der Waals surface area contributed by atoms with Crippen molar-refractivity contribution in [2.24, 2.45) is 0 Å². The van der Waals surface area contributed by atoms with Gasteiger partial charge < -0.3 is 9.64 Å². The van der Waals surface area contributed by atoms with E-state index in [9.17, 15) is 14.0 Å². The number of halogens is 1. The van der Waals surface area contributed by atoms with Crippen LogP contribution in [0.4, 0.5) is 4.39 Å². The lowest BCUT2D eigenvalue weighted by molar-refractivity contribution is -0.140. The highest BCUT2D eigenvalue weighted by atomic mass is 19.1. The third kappa shape index (κ3) is 4.05. The molecular weight excluding hydrogens is 249 g/mol. The number of aryl methyl sites for hydroxylation is 1. The predicted octanol–water partition coefficient (Wildman–Crippen LogP) is 2.16. The van der Waals surface area contributed by atoms with Gasteiger partial charge in [-0.2, -0.15) is 0 Å². The number of carbonyl (C=O) groups is 2. The van der Waals surface area contributed by atoms with Crippen molar-refractivity contribution in [2.45, 2.75) is 20.3 Å². The minimum Gasteiger partial charge on any atom is -0.469 e. The normalized spacial score (nSPS) is 10.1. The topological polar surface area (TPSA) is 46.6 Å². The Morgan fingerprint density at radius 3 is 2.58 bits per heavy atom. The third-order valence-corrected chi connectivity index (χ3v) is 2.90. The molecular formula is C14H18FNO3. The molecule has 0 aromatic heterocycles. The second kappa shape index (κ2) is 6.87. The Kier molecular flexibility index (Phi) is 5.48. The monoisotopic (exact) mass is 267 g/mol. The SMILES string of the molecule is CCN(CCC(=O)OC)C(=O)c1ccc(C)c(F)c1. The fourth-order valence-corrected chi connectivity index (χ4v) is 1.64. The van der Waals surface area contributed by atoms with E-state index in [0.29, 0.717) is 12.1 Å². The molecule has 0 spiro atoms. The first-order valence-electron chi connectivity index (χ1n) is 6.11. The van der Waals surface area contributed by atoms with Crippen LogP contribution in [-0.2, 0) is 9.53 Å². The Labute approximate surface area is 112 Å². The summed E-state index contributed by atoms with van der Waals surface area (Å²) in [5.41, 5.74) is 0.781. The Balaban J connectivity index is 2.77. The molecule has 19 heavy (non-hydrogen) atoms. The summed E-state index contributed by atoms with van der Waals surface area (Å²) in [6.07, 6.45) is 0.129.